The number of aliphatic carboxylic acids is 1. The van der Waals surface area contributed by atoms with E-state index in [1.54, 1.807) is 6.92 Å². The largest absolute Gasteiger partial charge is 1.00 e. The molecule has 0 saturated heterocycles. The second-order valence-corrected chi connectivity index (χ2v) is 6.59. The van der Waals surface area contributed by atoms with Crippen molar-refractivity contribution in [3.63, 3.8) is 0 Å². The number of rotatable bonds is 13. The Kier molecular flexibility index (Phi) is 18.6. The molecule has 0 bridgehead atoms. The molecule has 0 spiro atoms. The van der Waals surface area contributed by atoms with Crippen molar-refractivity contribution in [2.75, 3.05) is 5.75 Å². The van der Waals surface area contributed by atoms with Gasteiger partial charge in [0.25, 0.3) is 0 Å². The standard InChI is InChI=1S/C15H30O3S.Na/c1-3-4-5-6-7-8-9-10-11-14(16)12-19-13(2)15(17)18;/h13-14,16H,3-12H2,1-2H3,(H,17,18);/q;+1/p-1. The molecule has 0 aromatic rings. The number of hydrogen-bond donors (Lipinski definition) is 1. The van der Waals surface area contributed by atoms with E-state index in [1.165, 1.54) is 56.7 Å². The summed E-state index contributed by atoms with van der Waals surface area (Å²) in [5, 5.41) is 19.7. The monoisotopic (exact) mass is 312 g/mol. The summed E-state index contributed by atoms with van der Waals surface area (Å²) in [6.45, 7) is 3.82. The van der Waals surface area contributed by atoms with Crippen LogP contribution in [0.1, 0.15) is 71.6 Å². The van der Waals surface area contributed by atoms with Crippen LogP contribution in [0.25, 0.3) is 0 Å². The average Bonchev–Trinajstić information content (AvgIpc) is 2.38. The Labute approximate surface area is 150 Å². The number of carboxylic acids is 1. The van der Waals surface area contributed by atoms with Gasteiger partial charge in [0.2, 0.25) is 0 Å². The molecule has 0 heterocycles. The maximum Gasteiger partial charge on any atom is 1.00 e. The van der Waals surface area contributed by atoms with Crippen LogP contribution in [0, 0.1) is 0 Å². The summed E-state index contributed by atoms with van der Waals surface area (Å²) in [5.74, 6) is -0.560. The summed E-state index contributed by atoms with van der Waals surface area (Å²) in [7, 11) is 0. The minimum absolute atomic E-state index is 0. The number of thioether (sulfide) groups is 1. The summed E-state index contributed by atoms with van der Waals surface area (Å²) in [5.41, 5.74) is 0. The summed E-state index contributed by atoms with van der Waals surface area (Å²) < 4.78 is 0. The summed E-state index contributed by atoms with van der Waals surface area (Å²) in [6, 6.07) is 0. The van der Waals surface area contributed by atoms with E-state index >= 15 is 0 Å². The molecule has 0 radical (unpaired) electrons. The van der Waals surface area contributed by atoms with Gasteiger partial charge in [-0.3, -0.25) is 0 Å². The molecule has 3 nitrogen and oxygen atoms in total. The first kappa shape index (κ1) is 23.1. The molecule has 0 amide bonds. The van der Waals surface area contributed by atoms with Crippen molar-refractivity contribution in [2.24, 2.45) is 0 Å². The van der Waals surface area contributed by atoms with Crippen LogP contribution in [-0.4, -0.2) is 28.2 Å². The van der Waals surface area contributed by atoms with Crippen molar-refractivity contribution in [2.45, 2.75) is 83.0 Å². The molecule has 1 N–H and O–H groups in total. The number of aliphatic hydroxyl groups excluding tert-OH is 1. The predicted octanol–water partition coefficient (Wildman–Crippen LogP) is -0.246. The van der Waals surface area contributed by atoms with E-state index in [0.717, 1.165) is 12.8 Å². The van der Waals surface area contributed by atoms with Crippen molar-refractivity contribution in [1.29, 1.82) is 0 Å². The van der Waals surface area contributed by atoms with Crippen molar-refractivity contribution in [3.8, 4) is 0 Å². The van der Waals surface area contributed by atoms with Gasteiger partial charge >= 0.3 is 29.6 Å². The van der Waals surface area contributed by atoms with E-state index < -0.39 is 11.2 Å². The molecule has 0 aliphatic rings. The fourth-order valence-corrected chi connectivity index (χ4v) is 2.73. The summed E-state index contributed by atoms with van der Waals surface area (Å²) in [4.78, 5) is 10.5. The molecule has 2 atom stereocenters. The van der Waals surface area contributed by atoms with Gasteiger partial charge in [0.1, 0.15) is 0 Å². The molecule has 114 valence electrons. The Hall–Kier alpha value is 0.780. The second-order valence-electron chi connectivity index (χ2n) is 5.21. The van der Waals surface area contributed by atoms with Crippen LogP contribution in [0.2, 0.25) is 0 Å². The van der Waals surface area contributed by atoms with E-state index in [1.807, 2.05) is 0 Å². The Morgan fingerprint density at radius 2 is 1.60 bits per heavy atom. The molecule has 20 heavy (non-hydrogen) atoms. The molecule has 0 aromatic heterocycles. The first-order valence-corrected chi connectivity index (χ1v) is 8.63. The number of carbonyl (C=O) groups excluding carboxylic acids is 1. The third-order valence-electron chi connectivity index (χ3n) is 3.26. The van der Waals surface area contributed by atoms with Crippen LogP contribution in [0.3, 0.4) is 0 Å². The Morgan fingerprint density at radius 1 is 1.10 bits per heavy atom. The van der Waals surface area contributed by atoms with Gasteiger partial charge in [-0.05, 0) is 13.3 Å². The van der Waals surface area contributed by atoms with E-state index in [0.29, 0.717) is 5.75 Å². The van der Waals surface area contributed by atoms with Crippen molar-refractivity contribution in [1.82, 2.24) is 0 Å². The minimum atomic E-state index is -1.05. The van der Waals surface area contributed by atoms with Gasteiger partial charge in [0.05, 0.1) is 12.1 Å². The first-order chi connectivity index (χ1) is 9.07. The van der Waals surface area contributed by atoms with Gasteiger partial charge in [-0.2, -0.15) is 11.8 Å². The smallest absolute Gasteiger partial charge is 0.549 e. The molecule has 0 aromatic carbocycles. The van der Waals surface area contributed by atoms with E-state index in [2.05, 4.69) is 6.92 Å². The first-order valence-electron chi connectivity index (χ1n) is 7.58. The number of carbonyl (C=O) groups is 1. The molecule has 0 fully saturated rings. The number of hydrogen-bond acceptors (Lipinski definition) is 4. The third kappa shape index (κ3) is 15.2. The van der Waals surface area contributed by atoms with E-state index in [-0.39, 0.29) is 35.7 Å². The van der Waals surface area contributed by atoms with Crippen molar-refractivity contribution >= 4 is 17.7 Å². The van der Waals surface area contributed by atoms with Gasteiger partial charge in [-0.15, -0.1) is 0 Å². The van der Waals surface area contributed by atoms with Gasteiger partial charge < -0.3 is 15.0 Å². The van der Waals surface area contributed by atoms with Crippen LogP contribution in [0.15, 0.2) is 0 Å². The summed E-state index contributed by atoms with van der Waals surface area (Å²) in [6.07, 6.45) is 10.5. The third-order valence-corrected chi connectivity index (χ3v) is 4.53. The molecule has 5 heteroatoms. The average molecular weight is 312 g/mol. The van der Waals surface area contributed by atoms with Crippen LogP contribution >= 0.6 is 11.8 Å². The Morgan fingerprint density at radius 3 is 2.10 bits per heavy atom. The topological polar surface area (TPSA) is 60.4 Å². The maximum absolute atomic E-state index is 10.5. The van der Waals surface area contributed by atoms with E-state index in [4.69, 9.17) is 0 Å². The normalized spacial score (nSPS) is 13.6. The molecule has 0 aliphatic carbocycles. The predicted molar refractivity (Wildman–Crippen MR) is 80.2 cm³/mol. The van der Waals surface area contributed by atoms with Crippen LogP contribution in [0.4, 0.5) is 0 Å². The fraction of sp³-hybridized carbons (Fsp3) is 0.933. The van der Waals surface area contributed by atoms with Crippen LogP contribution in [0.5, 0.6) is 0 Å². The molecule has 0 saturated carbocycles. The zero-order valence-corrected chi connectivity index (χ0v) is 16.2. The SMILES string of the molecule is CCCCCCCCCCC(O)CSC(C)C(=O)[O-].[Na+]. The van der Waals surface area contributed by atoms with Crippen molar-refractivity contribution in [3.05, 3.63) is 0 Å². The Balaban J connectivity index is 0. The molecule has 0 rings (SSSR count). The quantitative estimate of drug-likeness (QED) is 0.376. The van der Waals surface area contributed by atoms with Gasteiger partial charge in [-0.25, -0.2) is 0 Å². The van der Waals surface area contributed by atoms with Gasteiger partial charge in [-0.1, -0.05) is 58.3 Å². The van der Waals surface area contributed by atoms with Crippen LogP contribution < -0.4 is 34.7 Å². The number of carboxylic acid groups (broad SMARTS) is 1. The molecule has 0 aliphatic heterocycles. The van der Waals surface area contributed by atoms with Crippen LogP contribution in [-0.2, 0) is 4.79 Å². The number of unbranched alkanes of at least 4 members (excludes halogenated alkanes) is 7. The van der Waals surface area contributed by atoms with E-state index in [9.17, 15) is 15.0 Å². The molecule has 2 unspecified atom stereocenters. The maximum atomic E-state index is 10.5. The van der Waals surface area contributed by atoms with Crippen molar-refractivity contribution < 1.29 is 44.6 Å². The minimum Gasteiger partial charge on any atom is -0.549 e. The second kappa shape index (κ2) is 16.2. The van der Waals surface area contributed by atoms with Gasteiger partial charge in [0, 0.05) is 11.0 Å². The number of aliphatic hydroxyl groups is 1. The van der Waals surface area contributed by atoms with Gasteiger partial charge in [0.15, 0.2) is 0 Å². The zero-order valence-electron chi connectivity index (χ0n) is 13.4. The summed E-state index contributed by atoms with van der Waals surface area (Å²) >= 11 is 1.26. The fourth-order valence-electron chi connectivity index (χ4n) is 1.92. The Bertz CT molecular complexity index is 227. The molecular weight excluding hydrogens is 283 g/mol. The molecular formula is C15H29NaO3S. The zero-order chi connectivity index (χ0) is 14.5.